The van der Waals surface area contributed by atoms with Crippen molar-refractivity contribution in [2.75, 3.05) is 5.32 Å². The van der Waals surface area contributed by atoms with Crippen LogP contribution in [0.25, 0.3) is 11.3 Å². The molecule has 0 aliphatic carbocycles. The van der Waals surface area contributed by atoms with E-state index in [4.69, 9.17) is 0 Å². The lowest BCUT2D eigenvalue weighted by Gasteiger charge is -2.05. The maximum Gasteiger partial charge on any atom is 0.235 e. The minimum Gasteiger partial charge on any atom is -0.352 e. The smallest absolute Gasteiger partial charge is 0.235 e. The molecule has 0 aliphatic rings. The number of aromatic nitrogens is 1. The SMILES string of the molecule is O=C(CC(=O)Nc1nc(-c2ccc(Br)cc2)cs1)NCc1ccccc1. The number of nitrogens with one attached hydrogen (secondary N) is 2. The second-order valence-corrected chi connectivity index (χ2v) is 7.31. The average molecular weight is 430 g/mol. The highest BCUT2D eigenvalue weighted by atomic mass is 79.9. The second-order valence-electron chi connectivity index (χ2n) is 5.53. The van der Waals surface area contributed by atoms with Crippen molar-refractivity contribution in [2.45, 2.75) is 13.0 Å². The maximum absolute atomic E-state index is 12.0. The standard InChI is InChI=1S/C19H16BrN3O2S/c20-15-8-6-14(7-9-15)16-12-26-19(22-16)23-18(25)10-17(24)21-11-13-4-2-1-3-5-13/h1-9,12H,10-11H2,(H,21,24)(H,22,23,25). The number of anilines is 1. The molecule has 26 heavy (non-hydrogen) atoms. The molecule has 1 heterocycles. The van der Waals surface area contributed by atoms with Gasteiger partial charge in [0.2, 0.25) is 11.8 Å². The number of thiazole rings is 1. The summed E-state index contributed by atoms with van der Waals surface area (Å²) < 4.78 is 0.992. The number of hydrogen-bond donors (Lipinski definition) is 2. The molecule has 132 valence electrons. The Balaban J connectivity index is 1.50. The van der Waals surface area contributed by atoms with Gasteiger partial charge in [0.05, 0.1) is 5.69 Å². The van der Waals surface area contributed by atoms with Gasteiger partial charge in [-0.1, -0.05) is 58.4 Å². The van der Waals surface area contributed by atoms with Crippen LogP contribution in [0.5, 0.6) is 0 Å². The molecule has 2 aromatic carbocycles. The van der Waals surface area contributed by atoms with Crippen LogP contribution in [0, 0.1) is 0 Å². The summed E-state index contributed by atoms with van der Waals surface area (Å²) in [5.41, 5.74) is 2.73. The molecule has 0 radical (unpaired) electrons. The number of amides is 2. The topological polar surface area (TPSA) is 71.1 Å². The first-order valence-corrected chi connectivity index (χ1v) is 9.59. The molecule has 3 rings (SSSR count). The van der Waals surface area contributed by atoms with Crippen LogP contribution in [-0.2, 0) is 16.1 Å². The Kier molecular flexibility index (Phi) is 6.14. The van der Waals surface area contributed by atoms with Gasteiger partial charge in [-0.15, -0.1) is 11.3 Å². The maximum atomic E-state index is 12.0. The molecule has 0 unspecified atom stereocenters. The highest BCUT2D eigenvalue weighted by molar-refractivity contribution is 9.10. The van der Waals surface area contributed by atoms with Gasteiger partial charge in [0.25, 0.3) is 0 Å². The molecule has 0 saturated heterocycles. The first kappa shape index (κ1) is 18.3. The van der Waals surface area contributed by atoms with Crippen molar-refractivity contribution in [2.24, 2.45) is 0 Å². The average Bonchev–Trinajstić information content (AvgIpc) is 3.09. The number of rotatable bonds is 6. The van der Waals surface area contributed by atoms with Crippen molar-refractivity contribution in [3.8, 4) is 11.3 Å². The summed E-state index contributed by atoms with van der Waals surface area (Å²) in [7, 11) is 0. The summed E-state index contributed by atoms with van der Waals surface area (Å²) in [6.07, 6.45) is -0.236. The van der Waals surface area contributed by atoms with Crippen LogP contribution in [0.15, 0.2) is 64.5 Å². The van der Waals surface area contributed by atoms with Gasteiger partial charge < -0.3 is 10.6 Å². The van der Waals surface area contributed by atoms with Crippen LogP contribution in [0.4, 0.5) is 5.13 Å². The molecule has 1 aromatic heterocycles. The van der Waals surface area contributed by atoms with Crippen LogP contribution in [0.2, 0.25) is 0 Å². The number of carbonyl (C=O) groups excluding carboxylic acids is 2. The lowest BCUT2D eigenvalue weighted by atomic mass is 10.2. The summed E-state index contributed by atoms with van der Waals surface area (Å²) in [5.74, 6) is -0.705. The third kappa shape index (κ3) is 5.24. The molecule has 0 aliphatic heterocycles. The predicted molar refractivity (Wildman–Crippen MR) is 107 cm³/mol. The van der Waals surface area contributed by atoms with E-state index in [0.717, 1.165) is 21.3 Å². The quantitative estimate of drug-likeness (QED) is 0.576. The van der Waals surface area contributed by atoms with Gasteiger partial charge in [-0.25, -0.2) is 4.98 Å². The van der Waals surface area contributed by atoms with Crippen LogP contribution in [-0.4, -0.2) is 16.8 Å². The van der Waals surface area contributed by atoms with E-state index in [2.05, 4.69) is 31.5 Å². The van der Waals surface area contributed by atoms with Crippen molar-refractivity contribution in [1.82, 2.24) is 10.3 Å². The van der Waals surface area contributed by atoms with Gasteiger partial charge in [-0.2, -0.15) is 0 Å². The normalized spacial score (nSPS) is 10.3. The highest BCUT2D eigenvalue weighted by Gasteiger charge is 2.12. The third-order valence-electron chi connectivity index (χ3n) is 3.54. The fourth-order valence-electron chi connectivity index (χ4n) is 2.25. The summed E-state index contributed by atoms with van der Waals surface area (Å²) >= 11 is 4.72. The van der Waals surface area contributed by atoms with Crippen molar-refractivity contribution >= 4 is 44.2 Å². The predicted octanol–water partition coefficient (Wildman–Crippen LogP) is 4.22. The molecule has 0 spiro atoms. The minimum atomic E-state index is -0.382. The molecule has 5 nitrogen and oxygen atoms in total. The summed E-state index contributed by atoms with van der Waals surface area (Å²) in [6, 6.07) is 17.3. The van der Waals surface area contributed by atoms with Gasteiger partial charge >= 0.3 is 0 Å². The van der Waals surface area contributed by atoms with E-state index in [-0.39, 0.29) is 18.2 Å². The Hall–Kier alpha value is -2.51. The van der Waals surface area contributed by atoms with E-state index in [1.807, 2.05) is 60.0 Å². The molecule has 2 amide bonds. The van der Waals surface area contributed by atoms with E-state index in [1.165, 1.54) is 11.3 Å². The summed E-state index contributed by atoms with van der Waals surface area (Å²) in [5, 5.41) is 7.75. The largest absolute Gasteiger partial charge is 0.352 e. The van der Waals surface area contributed by atoms with E-state index < -0.39 is 0 Å². The van der Waals surface area contributed by atoms with Gasteiger partial charge in [0, 0.05) is 22.0 Å². The zero-order valence-electron chi connectivity index (χ0n) is 13.7. The van der Waals surface area contributed by atoms with Gasteiger partial charge in [-0.05, 0) is 17.7 Å². The van der Waals surface area contributed by atoms with Crippen molar-refractivity contribution in [1.29, 1.82) is 0 Å². The molecule has 0 fully saturated rings. The number of benzene rings is 2. The fraction of sp³-hybridized carbons (Fsp3) is 0.105. The van der Waals surface area contributed by atoms with E-state index in [1.54, 1.807) is 0 Å². The first-order chi connectivity index (χ1) is 12.6. The first-order valence-electron chi connectivity index (χ1n) is 7.92. The lowest BCUT2D eigenvalue weighted by Crippen LogP contribution is -2.27. The number of nitrogens with zero attached hydrogens (tertiary/aromatic N) is 1. The summed E-state index contributed by atoms with van der Waals surface area (Å²) in [4.78, 5) is 28.3. The molecule has 0 bridgehead atoms. The molecular formula is C19H16BrN3O2S. The zero-order valence-corrected chi connectivity index (χ0v) is 16.1. The Bertz CT molecular complexity index is 895. The third-order valence-corrected chi connectivity index (χ3v) is 4.83. The second kappa shape index (κ2) is 8.73. The van der Waals surface area contributed by atoms with E-state index in [9.17, 15) is 9.59 Å². The number of hydrogen-bond acceptors (Lipinski definition) is 4. The van der Waals surface area contributed by atoms with Crippen molar-refractivity contribution in [3.63, 3.8) is 0 Å². The van der Waals surface area contributed by atoms with E-state index >= 15 is 0 Å². The van der Waals surface area contributed by atoms with E-state index in [0.29, 0.717) is 11.7 Å². The lowest BCUT2D eigenvalue weighted by molar-refractivity contribution is -0.126. The fourth-order valence-corrected chi connectivity index (χ4v) is 3.25. The van der Waals surface area contributed by atoms with Crippen molar-refractivity contribution < 1.29 is 9.59 Å². The molecule has 2 N–H and O–H groups in total. The zero-order chi connectivity index (χ0) is 18.4. The molecule has 7 heteroatoms. The Morgan fingerprint density at radius 1 is 1.00 bits per heavy atom. The van der Waals surface area contributed by atoms with Crippen molar-refractivity contribution in [3.05, 3.63) is 70.0 Å². The molecule has 0 saturated carbocycles. The van der Waals surface area contributed by atoms with Crippen LogP contribution >= 0.6 is 27.3 Å². The molecular weight excluding hydrogens is 414 g/mol. The van der Waals surface area contributed by atoms with Gasteiger partial charge in [-0.3, -0.25) is 9.59 Å². The minimum absolute atomic E-state index is 0.236. The summed E-state index contributed by atoms with van der Waals surface area (Å²) in [6.45, 7) is 0.401. The Morgan fingerprint density at radius 2 is 1.73 bits per heavy atom. The Morgan fingerprint density at radius 3 is 2.46 bits per heavy atom. The van der Waals surface area contributed by atoms with Gasteiger partial charge in [0.15, 0.2) is 5.13 Å². The number of halogens is 1. The van der Waals surface area contributed by atoms with Crippen LogP contribution in [0.3, 0.4) is 0 Å². The Labute approximate surface area is 163 Å². The molecule has 3 aromatic rings. The molecule has 0 atom stereocenters. The van der Waals surface area contributed by atoms with Crippen LogP contribution in [0.1, 0.15) is 12.0 Å². The van der Waals surface area contributed by atoms with Gasteiger partial charge in [0.1, 0.15) is 6.42 Å². The van der Waals surface area contributed by atoms with Crippen LogP contribution < -0.4 is 10.6 Å². The monoisotopic (exact) mass is 429 g/mol. The highest BCUT2D eigenvalue weighted by Crippen LogP contribution is 2.26. The number of carbonyl (C=O) groups is 2.